The summed E-state index contributed by atoms with van der Waals surface area (Å²) in [5, 5.41) is 17.0. The van der Waals surface area contributed by atoms with Gasteiger partial charge >= 0.3 is 5.97 Å². The Morgan fingerprint density at radius 3 is 2.75 bits per heavy atom. The van der Waals surface area contributed by atoms with Crippen LogP contribution in [0.5, 0.6) is 0 Å². The van der Waals surface area contributed by atoms with E-state index in [1.807, 2.05) is 12.1 Å². The summed E-state index contributed by atoms with van der Waals surface area (Å²) in [6, 6.07) is 3.62. The van der Waals surface area contributed by atoms with Gasteiger partial charge in [-0.25, -0.2) is 4.68 Å². The maximum absolute atomic E-state index is 11.5. The molecule has 4 aromatic heterocycles. The Bertz CT molecular complexity index is 1050. The molecule has 4 rings (SSSR count). The van der Waals surface area contributed by atoms with Crippen LogP contribution in [0.4, 0.5) is 0 Å². The van der Waals surface area contributed by atoms with Crippen molar-refractivity contribution in [3.63, 3.8) is 0 Å². The number of aromatic nitrogens is 8. The average Bonchev–Trinajstić information content (AvgIpc) is 3.17. The predicted molar refractivity (Wildman–Crippen MR) is 81.8 cm³/mol. The molecule has 0 spiro atoms. The van der Waals surface area contributed by atoms with Gasteiger partial charge in [0.2, 0.25) is 0 Å². The largest absolute Gasteiger partial charge is 0.469 e. The van der Waals surface area contributed by atoms with Crippen LogP contribution in [0.1, 0.15) is 5.69 Å². The molecule has 0 amide bonds. The average molecular weight is 324 g/mol. The first-order valence-corrected chi connectivity index (χ1v) is 7.09. The van der Waals surface area contributed by atoms with Gasteiger partial charge < -0.3 is 4.74 Å². The Balaban J connectivity index is 1.91. The maximum atomic E-state index is 11.5. The van der Waals surface area contributed by atoms with Crippen molar-refractivity contribution in [2.24, 2.45) is 7.05 Å². The molecule has 4 aromatic rings. The van der Waals surface area contributed by atoms with Crippen molar-refractivity contribution in [1.82, 2.24) is 39.6 Å². The lowest BCUT2D eigenvalue weighted by molar-refractivity contribution is -0.139. The van der Waals surface area contributed by atoms with Crippen LogP contribution in [0.15, 0.2) is 24.5 Å². The summed E-state index contributed by atoms with van der Waals surface area (Å²) in [6.45, 7) is 0. The van der Waals surface area contributed by atoms with Gasteiger partial charge in [0, 0.05) is 25.0 Å². The minimum Gasteiger partial charge on any atom is -0.469 e. The molecule has 0 unspecified atom stereocenters. The number of carbonyl (C=O) groups excluding carboxylic acids is 1. The molecule has 4 heterocycles. The molecule has 0 saturated carbocycles. The van der Waals surface area contributed by atoms with Gasteiger partial charge in [0.1, 0.15) is 5.69 Å². The summed E-state index contributed by atoms with van der Waals surface area (Å²) in [5.74, 6) is 0.463. The molecule has 24 heavy (non-hydrogen) atoms. The van der Waals surface area contributed by atoms with Gasteiger partial charge in [0.15, 0.2) is 17.0 Å². The van der Waals surface area contributed by atoms with Gasteiger partial charge in [0.05, 0.1) is 13.5 Å². The van der Waals surface area contributed by atoms with Crippen molar-refractivity contribution in [2.45, 2.75) is 6.42 Å². The maximum Gasteiger partial charge on any atom is 0.311 e. The molecule has 0 aliphatic carbocycles. The first-order valence-electron chi connectivity index (χ1n) is 7.09. The summed E-state index contributed by atoms with van der Waals surface area (Å²) in [5.41, 5.74) is 2.39. The highest BCUT2D eigenvalue weighted by molar-refractivity contribution is 5.81. The zero-order valence-corrected chi connectivity index (χ0v) is 12.9. The molecule has 0 aliphatic heterocycles. The second kappa shape index (κ2) is 5.33. The van der Waals surface area contributed by atoms with Gasteiger partial charge in [0.25, 0.3) is 5.78 Å². The van der Waals surface area contributed by atoms with Crippen molar-refractivity contribution in [3.8, 4) is 11.4 Å². The van der Waals surface area contributed by atoms with E-state index >= 15 is 0 Å². The Morgan fingerprint density at radius 2 is 2.00 bits per heavy atom. The lowest BCUT2D eigenvalue weighted by Crippen LogP contribution is -2.06. The molecule has 0 bridgehead atoms. The number of rotatable bonds is 3. The van der Waals surface area contributed by atoms with Crippen molar-refractivity contribution in [2.75, 3.05) is 7.11 Å². The van der Waals surface area contributed by atoms with Crippen molar-refractivity contribution in [1.29, 1.82) is 0 Å². The molecule has 0 N–H and O–H groups in total. The van der Waals surface area contributed by atoms with Crippen molar-refractivity contribution >= 4 is 22.9 Å². The highest BCUT2D eigenvalue weighted by Crippen LogP contribution is 2.19. The fourth-order valence-corrected chi connectivity index (χ4v) is 2.45. The van der Waals surface area contributed by atoms with E-state index in [-0.39, 0.29) is 6.42 Å². The third kappa shape index (κ3) is 2.16. The molecule has 0 saturated heterocycles. The van der Waals surface area contributed by atoms with E-state index in [1.54, 1.807) is 28.6 Å². The van der Waals surface area contributed by atoms with Crippen LogP contribution < -0.4 is 0 Å². The number of pyridine rings is 1. The molecular formula is C14H12N8O2. The minimum atomic E-state index is -0.395. The van der Waals surface area contributed by atoms with E-state index in [1.165, 1.54) is 7.11 Å². The molecule has 10 heteroatoms. The Labute approximate surface area is 135 Å². The fourth-order valence-electron chi connectivity index (χ4n) is 2.45. The molecule has 10 nitrogen and oxygen atoms in total. The lowest BCUT2D eigenvalue weighted by atomic mass is 10.3. The second-order valence-electron chi connectivity index (χ2n) is 5.08. The van der Waals surface area contributed by atoms with Crippen LogP contribution in [0, 0.1) is 0 Å². The molecule has 0 aliphatic rings. The van der Waals surface area contributed by atoms with Crippen molar-refractivity contribution in [3.05, 3.63) is 30.2 Å². The minimum absolute atomic E-state index is 0.0138. The third-order valence-corrected chi connectivity index (χ3v) is 3.57. The van der Waals surface area contributed by atoms with Gasteiger partial charge in [-0.15, -0.1) is 15.3 Å². The van der Waals surface area contributed by atoms with E-state index in [9.17, 15) is 4.79 Å². The Morgan fingerprint density at radius 1 is 1.21 bits per heavy atom. The van der Waals surface area contributed by atoms with Crippen LogP contribution in [0.3, 0.4) is 0 Å². The van der Waals surface area contributed by atoms with Crippen LogP contribution >= 0.6 is 0 Å². The number of aryl methyl sites for hydroxylation is 1. The van der Waals surface area contributed by atoms with Crippen LogP contribution in [0.25, 0.3) is 28.3 Å². The van der Waals surface area contributed by atoms with Crippen molar-refractivity contribution < 1.29 is 9.53 Å². The normalized spacial score (nSPS) is 11.2. The van der Waals surface area contributed by atoms with E-state index in [0.29, 0.717) is 28.5 Å². The number of fused-ring (bicyclic) bond motifs is 3. The molecule has 0 fully saturated rings. The summed E-state index contributed by atoms with van der Waals surface area (Å²) < 4.78 is 7.84. The number of nitrogens with zero attached hydrogens (tertiary/aromatic N) is 8. The van der Waals surface area contributed by atoms with E-state index in [2.05, 4.69) is 35.1 Å². The summed E-state index contributed by atoms with van der Waals surface area (Å²) in [7, 11) is 3.08. The highest BCUT2D eigenvalue weighted by Gasteiger charge is 2.19. The van der Waals surface area contributed by atoms with Crippen LogP contribution in [-0.2, 0) is 23.0 Å². The van der Waals surface area contributed by atoms with E-state index < -0.39 is 5.97 Å². The van der Waals surface area contributed by atoms with E-state index in [0.717, 1.165) is 5.56 Å². The SMILES string of the molecule is COC(=O)Cc1nn(C)c2c1nnc1nc(-c3ccncc3)nn12. The Hall–Kier alpha value is -3.43. The fraction of sp³-hybridized carbons (Fsp3) is 0.214. The quantitative estimate of drug-likeness (QED) is 0.491. The lowest BCUT2D eigenvalue weighted by Gasteiger charge is -1.96. The number of esters is 1. The molecule has 0 aromatic carbocycles. The molecule has 120 valence electrons. The van der Waals surface area contributed by atoms with Gasteiger partial charge in [-0.1, -0.05) is 0 Å². The van der Waals surface area contributed by atoms with Gasteiger partial charge in [-0.05, 0) is 12.1 Å². The molecular weight excluding hydrogens is 312 g/mol. The molecule has 0 radical (unpaired) electrons. The predicted octanol–water partition coefficient (Wildman–Crippen LogP) is 0.183. The monoisotopic (exact) mass is 324 g/mol. The zero-order chi connectivity index (χ0) is 16.7. The number of carbonyl (C=O) groups is 1. The third-order valence-electron chi connectivity index (χ3n) is 3.57. The second-order valence-corrected chi connectivity index (χ2v) is 5.08. The number of hydrogen-bond acceptors (Lipinski definition) is 8. The summed E-state index contributed by atoms with van der Waals surface area (Å²) >= 11 is 0. The first kappa shape index (κ1) is 14.2. The van der Waals surface area contributed by atoms with Crippen LogP contribution in [-0.4, -0.2) is 52.6 Å². The smallest absolute Gasteiger partial charge is 0.311 e. The highest BCUT2D eigenvalue weighted by atomic mass is 16.5. The number of ether oxygens (including phenoxy) is 1. The summed E-state index contributed by atoms with van der Waals surface area (Å²) in [4.78, 5) is 19.9. The van der Waals surface area contributed by atoms with Gasteiger partial charge in [-0.2, -0.15) is 14.6 Å². The summed E-state index contributed by atoms with van der Waals surface area (Å²) in [6.07, 6.45) is 3.35. The standard InChI is InChI=1S/C14H12N8O2/c1-21-13-11(9(19-21)7-10(23)24-2)17-18-14-16-12(20-22(13)14)8-3-5-15-6-4-8/h3-6H,7H2,1-2H3. The zero-order valence-electron chi connectivity index (χ0n) is 12.9. The van der Waals surface area contributed by atoms with Gasteiger partial charge in [-0.3, -0.25) is 9.78 Å². The van der Waals surface area contributed by atoms with Crippen LogP contribution in [0.2, 0.25) is 0 Å². The Kier molecular flexibility index (Phi) is 3.15. The topological polar surface area (TPSA) is 113 Å². The van der Waals surface area contributed by atoms with E-state index in [4.69, 9.17) is 0 Å². The number of methoxy groups -OCH3 is 1. The molecule has 0 atom stereocenters. The first-order chi connectivity index (χ1) is 11.7. The number of hydrogen-bond donors (Lipinski definition) is 0.